The molecule has 0 radical (unpaired) electrons. The molecule has 29 heavy (non-hydrogen) atoms. The maximum Gasteiger partial charge on any atom is 0.220 e. The van der Waals surface area contributed by atoms with Gasteiger partial charge in [0.1, 0.15) is 5.54 Å². The highest BCUT2D eigenvalue weighted by molar-refractivity contribution is 6.10. The van der Waals surface area contributed by atoms with Crippen LogP contribution in [0.4, 0.5) is 0 Å². The molecule has 2 heterocycles. The molecular formula is C23H25N5O. The molecule has 0 fully saturated rings. The van der Waals surface area contributed by atoms with Crippen LogP contribution in [0.25, 0.3) is 0 Å². The molecule has 3 atom stereocenters. The summed E-state index contributed by atoms with van der Waals surface area (Å²) in [6, 6.07) is 10.3. The first-order chi connectivity index (χ1) is 13.9. The molecule has 0 saturated heterocycles. The molecule has 1 aromatic heterocycles. The zero-order valence-electron chi connectivity index (χ0n) is 16.7. The average Bonchev–Trinajstić information content (AvgIpc) is 3.13. The summed E-state index contributed by atoms with van der Waals surface area (Å²) in [7, 11) is 0. The van der Waals surface area contributed by atoms with Crippen molar-refractivity contribution in [3.05, 3.63) is 82.5 Å². The molecule has 4 N–H and O–H groups in total. The van der Waals surface area contributed by atoms with Crippen LogP contribution >= 0.6 is 0 Å². The maximum absolute atomic E-state index is 6.68. The summed E-state index contributed by atoms with van der Waals surface area (Å²) in [5.41, 5.74) is 18.5. The summed E-state index contributed by atoms with van der Waals surface area (Å²) in [6.45, 7) is 4.25. The number of nitrogens with zero attached hydrogens (tertiary/aromatic N) is 3. The number of aromatic nitrogens is 2. The molecule has 2 aromatic rings. The van der Waals surface area contributed by atoms with Crippen LogP contribution in [-0.2, 0) is 16.7 Å². The lowest BCUT2D eigenvalue weighted by atomic mass is 9.87. The number of nitrogens with two attached hydrogens (primary N) is 2. The molecule has 3 aliphatic rings. The van der Waals surface area contributed by atoms with Gasteiger partial charge in [0.05, 0.1) is 12.3 Å². The minimum atomic E-state index is -1.06. The predicted octanol–water partition coefficient (Wildman–Crippen LogP) is 2.56. The van der Waals surface area contributed by atoms with E-state index in [0.717, 1.165) is 35.5 Å². The van der Waals surface area contributed by atoms with Gasteiger partial charge < -0.3 is 10.5 Å². The Morgan fingerprint density at radius 3 is 2.66 bits per heavy atom. The van der Waals surface area contributed by atoms with E-state index in [1.54, 1.807) is 0 Å². The van der Waals surface area contributed by atoms with E-state index >= 15 is 0 Å². The summed E-state index contributed by atoms with van der Waals surface area (Å²) in [6.07, 6.45) is 7.72. The lowest BCUT2D eigenvalue weighted by Gasteiger charge is -2.38. The van der Waals surface area contributed by atoms with Crippen LogP contribution in [0.1, 0.15) is 40.7 Å². The molecule has 0 amide bonds. The van der Waals surface area contributed by atoms with Gasteiger partial charge in [-0.25, -0.2) is 15.0 Å². The van der Waals surface area contributed by atoms with Gasteiger partial charge >= 0.3 is 0 Å². The van der Waals surface area contributed by atoms with Crippen LogP contribution in [0.15, 0.2) is 59.1 Å². The highest BCUT2D eigenvalue weighted by Gasteiger charge is 2.44. The Kier molecular flexibility index (Phi) is 4.07. The first-order valence-corrected chi connectivity index (χ1v) is 10.00. The quantitative estimate of drug-likeness (QED) is 0.825. The Labute approximate surface area is 170 Å². The fraction of sp³-hybridized carbons (Fsp3) is 0.348. The van der Waals surface area contributed by atoms with Crippen molar-refractivity contribution in [3.8, 4) is 0 Å². The van der Waals surface area contributed by atoms with Gasteiger partial charge in [-0.2, -0.15) is 0 Å². The number of allylic oxidation sites excluding steroid dienone is 1. The highest BCUT2D eigenvalue weighted by atomic mass is 16.5. The lowest BCUT2D eigenvalue weighted by Crippen LogP contribution is -2.51. The van der Waals surface area contributed by atoms with Crippen molar-refractivity contribution in [2.45, 2.75) is 44.0 Å². The van der Waals surface area contributed by atoms with E-state index in [9.17, 15) is 0 Å². The molecule has 1 aliphatic heterocycles. The van der Waals surface area contributed by atoms with Crippen molar-refractivity contribution >= 4 is 5.71 Å². The number of hydrogen-bond donors (Lipinski definition) is 2. The Balaban J connectivity index is 1.49. The number of hydrogen-bond acceptors (Lipinski definition) is 6. The SMILES string of the molecule is Cc1cc(C)nc(C2(N)C=CC3=N[C@](N)(C4CCc5ccccc54)OCC3=C2)n1. The number of aliphatic imine (C=N–C) groups is 1. The minimum absolute atomic E-state index is 0.0495. The molecule has 2 unspecified atom stereocenters. The number of rotatable bonds is 2. The van der Waals surface area contributed by atoms with Gasteiger partial charge in [-0.1, -0.05) is 30.3 Å². The minimum Gasteiger partial charge on any atom is -0.336 e. The fourth-order valence-corrected chi connectivity index (χ4v) is 4.60. The van der Waals surface area contributed by atoms with Crippen LogP contribution < -0.4 is 11.5 Å². The molecule has 5 rings (SSSR count). The van der Waals surface area contributed by atoms with E-state index in [1.165, 1.54) is 11.1 Å². The van der Waals surface area contributed by atoms with Gasteiger partial charge in [-0.05, 0) is 56.0 Å². The second kappa shape index (κ2) is 6.42. The average molecular weight is 387 g/mol. The molecule has 0 spiro atoms. The van der Waals surface area contributed by atoms with E-state index in [4.69, 9.17) is 21.2 Å². The molecular weight excluding hydrogens is 362 g/mol. The van der Waals surface area contributed by atoms with Crippen LogP contribution in [0.3, 0.4) is 0 Å². The number of benzene rings is 1. The largest absolute Gasteiger partial charge is 0.336 e. The van der Waals surface area contributed by atoms with Gasteiger partial charge in [-0.3, -0.25) is 5.73 Å². The van der Waals surface area contributed by atoms with Crippen molar-refractivity contribution in [2.75, 3.05) is 6.61 Å². The van der Waals surface area contributed by atoms with E-state index in [-0.39, 0.29) is 5.92 Å². The summed E-state index contributed by atoms with van der Waals surface area (Å²) >= 11 is 0. The Bertz CT molecular complexity index is 1070. The summed E-state index contributed by atoms with van der Waals surface area (Å²) in [5.74, 6) is -0.435. The maximum atomic E-state index is 6.68. The molecule has 2 aliphatic carbocycles. The number of fused-ring (bicyclic) bond motifs is 2. The zero-order valence-corrected chi connectivity index (χ0v) is 16.7. The molecule has 0 saturated carbocycles. The summed E-state index contributed by atoms with van der Waals surface area (Å²) in [5, 5.41) is 0. The smallest absolute Gasteiger partial charge is 0.220 e. The third kappa shape index (κ3) is 3.04. The van der Waals surface area contributed by atoms with Gasteiger partial charge in [0.15, 0.2) is 5.82 Å². The highest BCUT2D eigenvalue weighted by Crippen LogP contribution is 2.43. The lowest BCUT2D eigenvalue weighted by molar-refractivity contribution is -0.0477. The Morgan fingerprint density at radius 1 is 1.10 bits per heavy atom. The van der Waals surface area contributed by atoms with Crippen LogP contribution in [0, 0.1) is 13.8 Å². The van der Waals surface area contributed by atoms with Crippen molar-refractivity contribution in [1.82, 2.24) is 9.97 Å². The molecule has 148 valence electrons. The normalized spacial score (nSPS) is 30.4. The third-order valence-corrected chi connectivity index (χ3v) is 6.01. The van der Waals surface area contributed by atoms with Gasteiger partial charge in [0.25, 0.3) is 0 Å². The van der Waals surface area contributed by atoms with E-state index < -0.39 is 11.4 Å². The second-order valence-corrected chi connectivity index (χ2v) is 8.24. The Hall–Kier alpha value is -2.67. The molecule has 1 aromatic carbocycles. The van der Waals surface area contributed by atoms with E-state index in [1.807, 2.05) is 38.1 Å². The van der Waals surface area contributed by atoms with Crippen molar-refractivity contribution in [2.24, 2.45) is 16.5 Å². The Morgan fingerprint density at radius 2 is 1.86 bits per heavy atom. The van der Waals surface area contributed by atoms with Crippen molar-refractivity contribution < 1.29 is 4.74 Å². The van der Waals surface area contributed by atoms with Crippen LogP contribution in [0.2, 0.25) is 0 Å². The van der Waals surface area contributed by atoms with Gasteiger partial charge in [0, 0.05) is 22.9 Å². The fourth-order valence-electron chi connectivity index (χ4n) is 4.60. The number of ether oxygens (including phenoxy) is 1. The van der Waals surface area contributed by atoms with Crippen molar-refractivity contribution in [1.29, 1.82) is 0 Å². The van der Waals surface area contributed by atoms with E-state index in [0.29, 0.717) is 12.4 Å². The van der Waals surface area contributed by atoms with Crippen molar-refractivity contribution in [3.63, 3.8) is 0 Å². The number of aryl methyl sites for hydroxylation is 3. The molecule has 6 nitrogen and oxygen atoms in total. The molecule has 0 bridgehead atoms. The predicted molar refractivity (Wildman–Crippen MR) is 112 cm³/mol. The third-order valence-electron chi connectivity index (χ3n) is 6.01. The standard InChI is InChI=1S/C23H25N5O/c1-14-11-15(2)27-21(26-14)22(24)10-9-20-17(12-22)13-29-23(25,28-20)19-8-7-16-5-3-4-6-18(16)19/h3-6,9-12,19H,7-8,13,24-25H2,1-2H3/t19?,22?,23-/m1/s1. The second-order valence-electron chi connectivity index (χ2n) is 8.24. The first-order valence-electron chi connectivity index (χ1n) is 10.00. The topological polar surface area (TPSA) is 99.4 Å². The first kappa shape index (κ1) is 18.4. The van der Waals surface area contributed by atoms with Crippen LogP contribution in [-0.4, -0.2) is 28.1 Å². The van der Waals surface area contributed by atoms with Crippen LogP contribution in [0.5, 0.6) is 0 Å². The van der Waals surface area contributed by atoms with Gasteiger partial charge in [0.2, 0.25) is 5.85 Å². The zero-order chi connectivity index (χ0) is 20.2. The van der Waals surface area contributed by atoms with Gasteiger partial charge in [-0.15, -0.1) is 0 Å². The van der Waals surface area contributed by atoms with E-state index in [2.05, 4.69) is 34.2 Å². The summed E-state index contributed by atoms with van der Waals surface area (Å²) < 4.78 is 6.14. The molecule has 6 heteroatoms. The monoisotopic (exact) mass is 387 g/mol. The summed E-state index contributed by atoms with van der Waals surface area (Å²) in [4.78, 5) is 13.9.